The van der Waals surface area contributed by atoms with Crippen molar-refractivity contribution >= 4 is 110 Å². The number of ketones is 3. The van der Waals surface area contributed by atoms with Crippen molar-refractivity contribution in [2.24, 2.45) is 17.8 Å². The fraction of sp³-hybridized carbons (Fsp3) is 0.440. The van der Waals surface area contributed by atoms with Crippen LogP contribution in [0.5, 0.6) is 0 Å². The van der Waals surface area contributed by atoms with Crippen molar-refractivity contribution in [1.29, 1.82) is 0 Å². The molecule has 34 heteroatoms. The monoisotopic (exact) mass is 1630 g/mol. The van der Waals surface area contributed by atoms with E-state index < -0.39 is 36.0 Å². The lowest BCUT2D eigenvalue weighted by molar-refractivity contribution is -0.148. The second-order valence-corrected chi connectivity index (χ2v) is 31.7. The molecule has 0 radical (unpaired) electrons. The molecule has 0 saturated heterocycles. The Labute approximate surface area is 642 Å². The predicted molar refractivity (Wildman–Crippen MR) is 405 cm³/mol. The van der Waals surface area contributed by atoms with Gasteiger partial charge < -0.3 is 43.8 Å². The molecule has 0 aliphatic carbocycles. The van der Waals surface area contributed by atoms with Gasteiger partial charge in [-0.3, -0.25) is 14.4 Å². The Bertz CT molecular complexity index is 4820. The summed E-state index contributed by atoms with van der Waals surface area (Å²) in [5, 5.41) is 28.5. The zero-order valence-corrected chi connectivity index (χ0v) is 64.1. The number of unbranched alkanes of at least 4 members (excludes halogenated alkanes) is 3. The van der Waals surface area contributed by atoms with Crippen LogP contribution in [0.4, 0.5) is 49.8 Å². The average Bonchev–Trinajstić information content (AvgIpc) is 1.71. The van der Waals surface area contributed by atoms with Crippen molar-refractivity contribution in [3.8, 4) is 0 Å². The molecule has 15 rings (SSSR count). The number of hydrogen-bond acceptors (Lipinski definition) is 18. The van der Waals surface area contributed by atoms with Crippen molar-refractivity contribution < 1.29 is 53.9 Å². The van der Waals surface area contributed by atoms with Gasteiger partial charge in [0.1, 0.15) is 5.82 Å². The number of carbonyl (C=O) groups excluding carboxylic acids is 3. The number of carbonyl (C=O) groups is 3. The quantitative estimate of drug-likeness (QED) is 0.0291. The van der Waals surface area contributed by atoms with Gasteiger partial charge in [-0.2, -0.15) is 39.5 Å². The fourth-order valence-electron chi connectivity index (χ4n) is 14.1. The summed E-state index contributed by atoms with van der Waals surface area (Å²) in [6.07, 6.45) is 11.2. The first-order valence-electron chi connectivity index (χ1n) is 36.4. The standard InChI is InChI=1S/2C25H27F3N6OS.C19H21BrN2OS.C6H7F3N4/c2*1-2-3-6-16(11-17-13-29-19-8-5-4-7-18(17)19)12-20(35)21-14-30-24(36-21)33-9-10-34-22(15-33)31-32-23(34)25(26,27)28;1-2-3-6-13(10-17(23)18-12-22-19(20)24-18)9-14-11-21-16-8-5-4-7-15(14)16;7-6(8,9)5-12-11-4-3-10-1-2-13(4)5/h2*4-5,7-8,13-14,16,29H,2-3,6,9-12,15H2,1H3;4-5,7-8,11-13,21H,2-3,6,9-10H2,1H3;10H,1-3H2. The van der Waals surface area contributed by atoms with Crippen LogP contribution in [0.1, 0.15) is 178 Å². The zero-order chi connectivity index (χ0) is 77.0. The van der Waals surface area contributed by atoms with E-state index in [1.807, 2.05) is 52.5 Å². The maximum absolute atomic E-state index is 13.2. The number of rotatable bonds is 26. The van der Waals surface area contributed by atoms with Crippen LogP contribution in [0.3, 0.4) is 0 Å². The van der Waals surface area contributed by atoms with E-state index >= 15 is 0 Å². The normalized spacial score (nSPS) is 14.6. The number of alkyl halides is 9. The zero-order valence-electron chi connectivity index (χ0n) is 60.1. The van der Waals surface area contributed by atoms with Gasteiger partial charge >= 0.3 is 18.5 Å². The fourth-order valence-corrected chi connectivity index (χ4v) is 17.0. The molecule has 0 bridgehead atoms. The maximum Gasteiger partial charge on any atom is 0.451 e. The highest BCUT2D eigenvalue weighted by Gasteiger charge is 2.42. The van der Waals surface area contributed by atoms with Crippen LogP contribution < -0.4 is 15.1 Å². The minimum atomic E-state index is -4.53. The van der Waals surface area contributed by atoms with E-state index in [-0.39, 0.29) is 73.6 Å². The Morgan fingerprint density at radius 2 is 0.807 bits per heavy atom. The molecule has 109 heavy (non-hydrogen) atoms. The van der Waals surface area contributed by atoms with Gasteiger partial charge in [-0.05, 0) is 107 Å². The number of nitrogens with zero attached hydrogens (tertiary/aromatic N) is 14. The lowest BCUT2D eigenvalue weighted by Gasteiger charge is -2.27. The van der Waals surface area contributed by atoms with Crippen molar-refractivity contribution in [1.82, 2.24) is 79.5 Å². The number of aromatic amines is 3. The van der Waals surface area contributed by atoms with Gasteiger partial charge in [0, 0.05) is 110 Å². The molecule has 3 aromatic carbocycles. The van der Waals surface area contributed by atoms with Crippen LogP contribution in [-0.2, 0) is 77.1 Å². The summed E-state index contributed by atoms with van der Waals surface area (Å²) < 4.78 is 120. The molecule has 9 aromatic heterocycles. The first-order chi connectivity index (χ1) is 52.4. The van der Waals surface area contributed by atoms with Gasteiger partial charge in [-0.25, -0.2) is 15.0 Å². The first-order valence-corrected chi connectivity index (χ1v) is 39.6. The highest BCUT2D eigenvalue weighted by atomic mass is 79.9. The Morgan fingerprint density at radius 1 is 0.459 bits per heavy atom. The number of anilines is 2. The van der Waals surface area contributed by atoms with Crippen molar-refractivity contribution in [2.45, 2.75) is 175 Å². The third-order valence-electron chi connectivity index (χ3n) is 19.6. The minimum Gasteiger partial charge on any atom is -0.361 e. The molecule has 0 spiro atoms. The van der Waals surface area contributed by atoms with Gasteiger partial charge in [0.2, 0.25) is 17.5 Å². The highest BCUT2D eigenvalue weighted by Crippen LogP contribution is 2.38. The van der Waals surface area contributed by atoms with E-state index in [0.717, 1.165) is 111 Å². The molecule has 12 heterocycles. The number of hydrogen-bond donors (Lipinski definition) is 4. The molecule has 21 nitrogen and oxygen atoms in total. The lowest BCUT2D eigenvalue weighted by atomic mass is 9.89. The van der Waals surface area contributed by atoms with Gasteiger partial charge in [0.25, 0.3) is 0 Å². The Morgan fingerprint density at radius 3 is 1.17 bits per heavy atom. The van der Waals surface area contributed by atoms with Crippen LogP contribution in [0.15, 0.2) is 114 Å². The Balaban J connectivity index is 0.000000143. The number of para-hydroxylation sites is 3. The summed E-state index contributed by atoms with van der Waals surface area (Å²) >= 11 is 7.34. The van der Waals surface area contributed by atoms with Gasteiger partial charge in [-0.1, -0.05) is 137 Å². The summed E-state index contributed by atoms with van der Waals surface area (Å²) in [5.74, 6) is -0.878. The maximum atomic E-state index is 13.2. The number of halogens is 10. The molecule has 3 unspecified atom stereocenters. The molecule has 0 saturated carbocycles. The molecular weight excluding hydrogens is 1550 g/mol. The van der Waals surface area contributed by atoms with E-state index in [4.69, 9.17) is 0 Å². The SMILES string of the molecule is CCCCC(CC(=O)c1cnc(Br)s1)Cc1c[nH]c2ccccc12.CCCCC(CC(=O)c1cnc(N2CCn3c(nnc3C(F)(F)F)C2)s1)Cc1c[nH]c2ccccc12.CCCCC(CC(=O)c1cnc(N2CCn3c(nnc3C(F)(F)F)C2)s1)Cc1c[nH]c2ccccc12.FC(F)(F)c1nnc2n1CCNC2. The lowest BCUT2D eigenvalue weighted by Crippen LogP contribution is -2.35. The van der Waals surface area contributed by atoms with E-state index in [2.05, 4.69) is 151 Å². The first kappa shape index (κ1) is 79.6. The number of H-pyrrole nitrogens is 3. The van der Waals surface area contributed by atoms with E-state index in [0.29, 0.717) is 77.2 Å². The number of thiazole rings is 3. The minimum absolute atomic E-state index is 0.0548. The van der Waals surface area contributed by atoms with Crippen molar-refractivity contribution in [3.63, 3.8) is 0 Å². The number of aromatic nitrogens is 15. The van der Waals surface area contributed by atoms with E-state index in [1.165, 1.54) is 72.4 Å². The molecule has 3 aliphatic heterocycles. The summed E-state index contributed by atoms with van der Waals surface area (Å²) in [6.45, 7) is 8.90. The van der Waals surface area contributed by atoms with Crippen molar-refractivity contribution in [2.75, 3.05) is 29.4 Å². The summed E-state index contributed by atoms with van der Waals surface area (Å²) in [5.41, 5.74) is 7.12. The molecule has 0 amide bonds. The third kappa shape index (κ3) is 20.0. The molecule has 3 aliphatic rings. The van der Waals surface area contributed by atoms with Crippen molar-refractivity contribution in [3.05, 3.63) is 180 Å². The van der Waals surface area contributed by atoms with Crippen LogP contribution in [0, 0.1) is 17.8 Å². The van der Waals surface area contributed by atoms with Gasteiger partial charge in [-0.15, -0.1) is 41.9 Å². The molecular formula is C75H82BrF9N18O3S3. The largest absolute Gasteiger partial charge is 0.451 e. The highest BCUT2D eigenvalue weighted by molar-refractivity contribution is 9.11. The predicted octanol–water partition coefficient (Wildman–Crippen LogP) is 18.2. The molecule has 578 valence electrons. The number of fused-ring (bicyclic) bond motifs is 6. The summed E-state index contributed by atoms with van der Waals surface area (Å²) in [4.78, 5) is 67.5. The number of benzene rings is 3. The molecule has 12 aromatic rings. The topological polar surface area (TPSA) is 248 Å². The van der Waals surface area contributed by atoms with Crippen LogP contribution in [0.2, 0.25) is 0 Å². The van der Waals surface area contributed by atoms with Crippen LogP contribution in [0.25, 0.3) is 32.7 Å². The van der Waals surface area contributed by atoms with Gasteiger partial charge in [0.15, 0.2) is 43.2 Å². The molecule has 3 atom stereocenters. The molecule has 4 N–H and O–H groups in total. The third-order valence-corrected chi connectivity index (χ3v) is 23.3. The number of Topliss-reactive ketones (excluding diaryl/α,β-unsaturated/α-hetero) is 3. The van der Waals surface area contributed by atoms with E-state index in [9.17, 15) is 53.9 Å². The second-order valence-electron chi connectivity index (χ2n) is 27.4. The Hall–Kier alpha value is -8.99. The summed E-state index contributed by atoms with van der Waals surface area (Å²) in [7, 11) is 0. The van der Waals surface area contributed by atoms with Crippen LogP contribution in [-0.4, -0.2) is 111 Å². The smallest absolute Gasteiger partial charge is 0.361 e. The van der Waals surface area contributed by atoms with Gasteiger partial charge in [0.05, 0.1) is 52.9 Å². The molecule has 0 fully saturated rings. The Kier molecular flexibility index (Phi) is 26.1. The van der Waals surface area contributed by atoms with E-state index in [1.54, 1.807) is 18.6 Å². The second kappa shape index (κ2) is 35.8. The summed E-state index contributed by atoms with van der Waals surface area (Å²) in [6, 6.07) is 24.7. The van der Waals surface area contributed by atoms with Crippen LogP contribution >= 0.6 is 49.9 Å². The number of nitrogens with one attached hydrogen (secondary N) is 4. The average molecular weight is 1630 g/mol.